The van der Waals surface area contributed by atoms with Gasteiger partial charge in [0.1, 0.15) is 5.67 Å². The Morgan fingerprint density at radius 2 is 2.22 bits per heavy atom. The van der Waals surface area contributed by atoms with E-state index >= 15 is 0 Å². The molecule has 0 amide bonds. The van der Waals surface area contributed by atoms with Crippen LogP contribution < -0.4 is 0 Å². The fourth-order valence-corrected chi connectivity index (χ4v) is 1.47. The quantitative estimate of drug-likeness (QED) is 0.550. The van der Waals surface area contributed by atoms with E-state index in [0.717, 1.165) is 19.3 Å². The van der Waals surface area contributed by atoms with Gasteiger partial charge in [0.2, 0.25) is 0 Å². The molecule has 2 atom stereocenters. The molecule has 0 spiro atoms. The van der Waals surface area contributed by atoms with Gasteiger partial charge in [-0.05, 0) is 19.3 Å². The fraction of sp³-hybridized carbons (Fsp3) is 1.00. The van der Waals surface area contributed by atoms with Crippen LogP contribution in [0.25, 0.3) is 0 Å². The zero-order chi connectivity index (χ0) is 6.48. The number of rotatable bonds is 2. The van der Waals surface area contributed by atoms with Crippen molar-refractivity contribution in [2.45, 2.75) is 31.0 Å². The first-order valence-corrected chi connectivity index (χ1v) is 3.48. The van der Waals surface area contributed by atoms with Crippen LogP contribution in [0.15, 0.2) is 0 Å². The van der Waals surface area contributed by atoms with Crippen LogP contribution >= 0.6 is 0 Å². The summed E-state index contributed by atoms with van der Waals surface area (Å²) in [5.41, 5.74) is -0.791. The molecule has 52 valence electrons. The molecule has 2 aliphatic carbocycles. The van der Waals surface area contributed by atoms with Gasteiger partial charge in [0.05, 0.1) is 6.10 Å². The molecule has 0 radical (unpaired) electrons. The number of alkyl halides is 1. The molecule has 2 fully saturated rings. The Morgan fingerprint density at radius 3 is 2.56 bits per heavy atom. The summed E-state index contributed by atoms with van der Waals surface area (Å²) >= 11 is 0. The molecular formula is C7H11FO. The van der Waals surface area contributed by atoms with E-state index in [1.165, 1.54) is 0 Å². The molecule has 0 aromatic carbocycles. The topological polar surface area (TPSA) is 9.23 Å². The van der Waals surface area contributed by atoms with Crippen LogP contribution in [0.4, 0.5) is 4.39 Å². The number of halogens is 1. The van der Waals surface area contributed by atoms with Crippen molar-refractivity contribution in [1.29, 1.82) is 0 Å². The monoisotopic (exact) mass is 130 g/mol. The van der Waals surface area contributed by atoms with Crippen LogP contribution in [0.2, 0.25) is 0 Å². The third-order valence-electron chi connectivity index (χ3n) is 2.43. The first-order valence-electron chi connectivity index (χ1n) is 3.48. The lowest BCUT2D eigenvalue weighted by atomic mass is 10.2. The van der Waals surface area contributed by atoms with Crippen molar-refractivity contribution in [2.75, 3.05) is 7.11 Å². The predicted octanol–water partition coefficient (Wildman–Crippen LogP) is 1.52. The highest BCUT2D eigenvalue weighted by molar-refractivity contribution is 5.10. The largest absolute Gasteiger partial charge is 0.381 e. The molecule has 2 heteroatoms. The molecule has 0 heterocycles. The van der Waals surface area contributed by atoms with Crippen molar-refractivity contribution in [1.82, 2.24) is 0 Å². The van der Waals surface area contributed by atoms with E-state index in [2.05, 4.69) is 0 Å². The number of methoxy groups -OCH3 is 1. The Morgan fingerprint density at radius 1 is 1.56 bits per heavy atom. The van der Waals surface area contributed by atoms with Crippen molar-refractivity contribution >= 4 is 0 Å². The molecule has 0 aromatic rings. The SMILES string of the molecule is COC1CC1C1(F)CC1. The van der Waals surface area contributed by atoms with Crippen molar-refractivity contribution in [3.05, 3.63) is 0 Å². The van der Waals surface area contributed by atoms with E-state index in [0.29, 0.717) is 0 Å². The Kier molecular flexibility index (Phi) is 0.933. The Bertz CT molecular complexity index is 131. The zero-order valence-corrected chi connectivity index (χ0v) is 5.56. The molecule has 1 nitrogen and oxygen atoms in total. The lowest BCUT2D eigenvalue weighted by molar-refractivity contribution is 0.139. The molecule has 2 aliphatic rings. The summed E-state index contributed by atoms with van der Waals surface area (Å²) < 4.78 is 18.0. The van der Waals surface area contributed by atoms with Gasteiger partial charge in [-0.3, -0.25) is 0 Å². The number of hydrogen-bond donors (Lipinski definition) is 0. The second kappa shape index (κ2) is 1.48. The fourth-order valence-electron chi connectivity index (χ4n) is 1.47. The molecule has 0 N–H and O–H groups in total. The minimum Gasteiger partial charge on any atom is -0.381 e. The van der Waals surface area contributed by atoms with Gasteiger partial charge in [-0.25, -0.2) is 4.39 Å². The zero-order valence-electron chi connectivity index (χ0n) is 5.56. The van der Waals surface area contributed by atoms with Gasteiger partial charge in [-0.2, -0.15) is 0 Å². The van der Waals surface area contributed by atoms with E-state index in [9.17, 15) is 4.39 Å². The van der Waals surface area contributed by atoms with E-state index in [4.69, 9.17) is 4.74 Å². The van der Waals surface area contributed by atoms with Crippen LogP contribution in [-0.4, -0.2) is 18.9 Å². The summed E-state index contributed by atoms with van der Waals surface area (Å²) in [7, 11) is 1.66. The van der Waals surface area contributed by atoms with Crippen LogP contribution in [0.5, 0.6) is 0 Å². The molecule has 2 unspecified atom stereocenters. The molecule has 0 bridgehead atoms. The smallest absolute Gasteiger partial charge is 0.116 e. The van der Waals surface area contributed by atoms with E-state index in [1.54, 1.807) is 7.11 Å². The first kappa shape index (κ1) is 5.66. The maximum Gasteiger partial charge on any atom is 0.116 e. The molecule has 2 saturated carbocycles. The van der Waals surface area contributed by atoms with Gasteiger partial charge in [0.15, 0.2) is 0 Å². The van der Waals surface area contributed by atoms with Crippen LogP contribution in [0.3, 0.4) is 0 Å². The highest BCUT2D eigenvalue weighted by Gasteiger charge is 2.60. The van der Waals surface area contributed by atoms with Crippen LogP contribution in [0.1, 0.15) is 19.3 Å². The highest BCUT2D eigenvalue weighted by atomic mass is 19.1. The summed E-state index contributed by atoms with van der Waals surface area (Å²) in [6, 6.07) is 0. The van der Waals surface area contributed by atoms with Crippen LogP contribution in [0, 0.1) is 5.92 Å². The average molecular weight is 130 g/mol. The summed E-state index contributed by atoms with van der Waals surface area (Å²) in [5, 5.41) is 0. The van der Waals surface area contributed by atoms with E-state index in [1.807, 2.05) is 0 Å². The van der Waals surface area contributed by atoms with E-state index in [-0.39, 0.29) is 12.0 Å². The summed E-state index contributed by atoms with van der Waals surface area (Å²) in [5.74, 6) is 0.252. The minimum absolute atomic E-state index is 0.248. The van der Waals surface area contributed by atoms with Gasteiger partial charge in [-0.15, -0.1) is 0 Å². The Labute approximate surface area is 54.2 Å². The lowest BCUT2D eigenvalue weighted by Crippen LogP contribution is -2.06. The molecular weight excluding hydrogens is 119 g/mol. The predicted molar refractivity (Wildman–Crippen MR) is 32.0 cm³/mol. The Hall–Kier alpha value is -0.110. The van der Waals surface area contributed by atoms with Crippen molar-refractivity contribution < 1.29 is 9.13 Å². The van der Waals surface area contributed by atoms with E-state index < -0.39 is 5.67 Å². The van der Waals surface area contributed by atoms with Crippen LogP contribution in [-0.2, 0) is 4.74 Å². The standard InChI is InChI=1S/C7H11FO/c1-9-6-4-5(6)7(8)2-3-7/h5-6H,2-4H2,1H3. The third kappa shape index (κ3) is 0.767. The molecule has 2 rings (SSSR count). The normalized spacial score (nSPS) is 44.7. The van der Waals surface area contributed by atoms with Gasteiger partial charge >= 0.3 is 0 Å². The second-order valence-corrected chi connectivity index (χ2v) is 3.15. The number of hydrogen-bond acceptors (Lipinski definition) is 1. The molecule has 0 aromatic heterocycles. The lowest BCUT2D eigenvalue weighted by Gasteiger charge is -2.00. The molecule has 0 saturated heterocycles. The van der Waals surface area contributed by atoms with Gasteiger partial charge in [-0.1, -0.05) is 0 Å². The van der Waals surface area contributed by atoms with Gasteiger partial charge < -0.3 is 4.74 Å². The van der Waals surface area contributed by atoms with Crippen molar-refractivity contribution in [3.63, 3.8) is 0 Å². The van der Waals surface area contributed by atoms with Gasteiger partial charge in [0, 0.05) is 13.0 Å². The van der Waals surface area contributed by atoms with Crippen molar-refractivity contribution in [3.8, 4) is 0 Å². The number of ether oxygens (including phenoxy) is 1. The summed E-state index contributed by atoms with van der Waals surface area (Å²) in [6.45, 7) is 0. The Balaban J connectivity index is 1.90. The molecule has 0 aliphatic heterocycles. The average Bonchev–Trinajstić information content (AvgIpc) is 2.60. The highest BCUT2D eigenvalue weighted by Crippen LogP contribution is 2.57. The first-order chi connectivity index (χ1) is 4.26. The summed E-state index contributed by atoms with van der Waals surface area (Å²) in [6.07, 6.45) is 2.75. The molecule has 9 heavy (non-hydrogen) atoms. The van der Waals surface area contributed by atoms with Gasteiger partial charge in [0.25, 0.3) is 0 Å². The third-order valence-corrected chi connectivity index (χ3v) is 2.43. The minimum atomic E-state index is -0.791. The maximum atomic E-state index is 13.0. The second-order valence-electron chi connectivity index (χ2n) is 3.15. The summed E-state index contributed by atoms with van der Waals surface area (Å²) in [4.78, 5) is 0. The van der Waals surface area contributed by atoms with Crippen molar-refractivity contribution in [2.24, 2.45) is 5.92 Å². The maximum absolute atomic E-state index is 13.0.